The van der Waals surface area contributed by atoms with Gasteiger partial charge >= 0.3 is 0 Å². The maximum Gasteiger partial charge on any atom is 0.271 e. The molecule has 5 nitrogen and oxygen atoms in total. The van der Waals surface area contributed by atoms with E-state index in [1.54, 1.807) is 19.4 Å². The van der Waals surface area contributed by atoms with E-state index in [2.05, 4.69) is 38.4 Å². The van der Waals surface area contributed by atoms with E-state index in [-0.39, 0.29) is 18.3 Å². The Morgan fingerprint density at radius 1 is 1.15 bits per heavy atom. The average molecular weight is 387 g/mol. The average Bonchev–Trinajstić information content (AvgIpc) is 2.83. The van der Waals surface area contributed by atoms with Crippen molar-refractivity contribution >= 4 is 18.3 Å². The Balaban J connectivity index is 0.00000210. The molecule has 0 unspecified atom stereocenters. The van der Waals surface area contributed by atoms with Crippen LogP contribution in [0, 0.1) is 0 Å². The Kier molecular flexibility index (Phi) is 6.45. The molecule has 1 aromatic carbocycles. The number of carbonyl (C=O) groups is 1. The van der Waals surface area contributed by atoms with Crippen molar-refractivity contribution in [1.82, 2.24) is 20.2 Å². The third kappa shape index (κ3) is 4.47. The Morgan fingerprint density at radius 3 is 2.56 bits per heavy atom. The normalized spacial score (nSPS) is 17.2. The van der Waals surface area contributed by atoms with Gasteiger partial charge in [-0.1, -0.05) is 24.6 Å². The number of halogens is 1. The Morgan fingerprint density at radius 2 is 1.93 bits per heavy atom. The number of amides is 1. The zero-order valence-corrected chi connectivity index (χ0v) is 16.6. The van der Waals surface area contributed by atoms with Crippen molar-refractivity contribution in [2.24, 2.45) is 0 Å². The van der Waals surface area contributed by atoms with Crippen molar-refractivity contribution in [2.45, 2.75) is 44.6 Å². The predicted molar refractivity (Wildman–Crippen MR) is 109 cm³/mol. The van der Waals surface area contributed by atoms with Gasteiger partial charge in [-0.15, -0.1) is 12.4 Å². The molecule has 0 radical (unpaired) electrons. The van der Waals surface area contributed by atoms with Crippen molar-refractivity contribution in [3.63, 3.8) is 0 Å². The van der Waals surface area contributed by atoms with Gasteiger partial charge in [0.1, 0.15) is 5.69 Å². The zero-order chi connectivity index (χ0) is 17.9. The maximum atomic E-state index is 11.6. The van der Waals surface area contributed by atoms with Gasteiger partial charge in [-0.05, 0) is 42.4 Å². The van der Waals surface area contributed by atoms with Crippen LogP contribution < -0.4 is 5.32 Å². The largest absolute Gasteiger partial charge is 0.354 e. The molecule has 0 atom stereocenters. The molecule has 4 rings (SSSR count). The fourth-order valence-electron chi connectivity index (χ4n) is 3.92. The van der Waals surface area contributed by atoms with Gasteiger partial charge in [0.15, 0.2) is 0 Å². The van der Waals surface area contributed by atoms with Gasteiger partial charge in [-0.25, -0.2) is 4.98 Å². The molecule has 1 aliphatic heterocycles. The van der Waals surface area contributed by atoms with Crippen LogP contribution >= 0.6 is 12.4 Å². The van der Waals surface area contributed by atoms with Gasteiger partial charge in [0, 0.05) is 38.8 Å². The van der Waals surface area contributed by atoms with Gasteiger partial charge in [0.25, 0.3) is 5.91 Å². The second kappa shape index (κ2) is 8.81. The summed E-state index contributed by atoms with van der Waals surface area (Å²) in [5.74, 6) is -0.204. The first-order valence-electron chi connectivity index (χ1n) is 9.60. The molecule has 0 spiro atoms. The minimum absolute atomic E-state index is 0. The van der Waals surface area contributed by atoms with E-state index in [1.807, 2.05) is 0 Å². The van der Waals surface area contributed by atoms with Crippen LogP contribution in [0.2, 0.25) is 0 Å². The van der Waals surface area contributed by atoms with Crippen molar-refractivity contribution in [3.8, 4) is 0 Å². The highest BCUT2D eigenvalue weighted by molar-refractivity contribution is 5.91. The molecule has 1 aliphatic carbocycles. The van der Waals surface area contributed by atoms with Crippen LogP contribution in [0.5, 0.6) is 0 Å². The number of fused-ring (bicyclic) bond motifs is 1. The third-order valence-corrected chi connectivity index (χ3v) is 5.75. The first-order chi connectivity index (χ1) is 12.7. The minimum Gasteiger partial charge on any atom is -0.354 e. The first-order valence-corrected chi connectivity index (χ1v) is 9.60. The van der Waals surface area contributed by atoms with Crippen molar-refractivity contribution in [3.05, 3.63) is 58.7 Å². The molecule has 0 saturated heterocycles. The number of hydrogen-bond donors (Lipinski definition) is 1. The monoisotopic (exact) mass is 386 g/mol. The molecule has 1 saturated carbocycles. The summed E-state index contributed by atoms with van der Waals surface area (Å²) in [5, 5.41) is 2.56. The fourth-order valence-corrected chi connectivity index (χ4v) is 3.92. The highest BCUT2D eigenvalue weighted by atomic mass is 35.5. The zero-order valence-electron chi connectivity index (χ0n) is 15.8. The molecule has 1 N–H and O–H groups in total. The number of hydrogen-bond acceptors (Lipinski definition) is 4. The number of carbonyl (C=O) groups excluding carboxylic acids is 1. The number of benzene rings is 1. The maximum absolute atomic E-state index is 11.6. The molecule has 1 fully saturated rings. The van der Waals surface area contributed by atoms with Crippen molar-refractivity contribution in [1.29, 1.82) is 0 Å². The molecule has 144 valence electrons. The van der Waals surface area contributed by atoms with E-state index < -0.39 is 0 Å². The highest BCUT2D eigenvalue weighted by Crippen LogP contribution is 2.27. The number of aromatic nitrogens is 2. The summed E-state index contributed by atoms with van der Waals surface area (Å²) in [5.41, 5.74) is 5.50. The second-order valence-corrected chi connectivity index (χ2v) is 7.37. The van der Waals surface area contributed by atoms with E-state index in [0.717, 1.165) is 31.0 Å². The van der Waals surface area contributed by atoms with Crippen LogP contribution in [-0.2, 0) is 19.3 Å². The standard InChI is InChI=1S/C21H26N4O.ClH/c1-22-21(26)20-14-23-18(13-24-20)12-15-5-6-16-7-9-25(19-3-2-4-19)10-8-17(16)11-15;/h5-6,11,13-14,19H,2-4,7-10,12H2,1H3,(H,22,26);1H. The lowest BCUT2D eigenvalue weighted by molar-refractivity contribution is 0.0957. The predicted octanol–water partition coefficient (Wildman–Crippen LogP) is 2.80. The van der Waals surface area contributed by atoms with Crippen LogP contribution in [0.3, 0.4) is 0 Å². The summed E-state index contributed by atoms with van der Waals surface area (Å²) < 4.78 is 0. The molecule has 2 aliphatic rings. The fraction of sp³-hybridized carbons (Fsp3) is 0.476. The molecule has 1 aromatic heterocycles. The molecule has 2 heterocycles. The van der Waals surface area contributed by atoms with Crippen LogP contribution in [-0.4, -0.2) is 47.0 Å². The summed E-state index contributed by atoms with van der Waals surface area (Å²) in [6, 6.07) is 7.68. The summed E-state index contributed by atoms with van der Waals surface area (Å²) in [7, 11) is 1.60. The molecular formula is C21H27ClN4O. The van der Waals surface area contributed by atoms with Crippen molar-refractivity contribution < 1.29 is 4.79 Å². The van der Waals surface area contributed by atoms with Crippen molar-refractivity contribution in [2.75, 3.05) is 20.1 Å². The molecule has 1 amide bonds. The van der Waals surface area contributed by atoms with E-state index in [4.69, 9.17) is 0 Å². The Bertz CT molecular complexity index is 789. The topological polar surface area (TPSA) is 58.1 Å². The first kappa shape index (κ1) is 19.8. The quantitative estimate of drug-likeness (QED) is 0.877. The van der Waals surface area contributed by atoms with E-state index >= 15 is 0 Å². The van der Waals surface area contributed by atoms with Gasteiger partial charge < -0.3 is 5.32 Å². The molecule has 6 heteroatoms. The lowest BCUT2D eigenvalue weighted by atomic mass is 9.91. The molecule has 2 aromatic rings. The lowest BCUT2D eigenvalue weighted by Gasteiger charge is -2.36. The Hall–Kier alpha value is -1.98. The van der Waals surface area contributed by atoms with Crippen LogP contribution in [0.15, 0.2) is 30.6 Å². The minimum atomic E-state index is -0.204. The van der Waals surface area contributed by atoms with Gasteiger partial charge in [-0.3, -0.25) is 14.7 Å². The molecular weight excluding hydrogens is 360 g/mol. The van der Waals surface area contributed by atoms with Crippen LogP contribution in [0.4, 0.5) is 0 Å². The van der Waals surface area contributed by atoms with Gasteiger partial charge in [0.05, 0.1) is 11.9 Å². The van der Waals surface area contributed by atoms with E-state index in [1.165, 1.54) is 49.0 Å². The number of nitrogens with zero attached hydrogens (tertiary/aromatic N) is 3. The SMILES string of the molecule is CNC(=O)c1cnc(Cc2ccc3c(c2)CCN(C2CCC2)CC3)cn1.Cl. The highest BCUT2D eigenvalue weighted by Gasteiger charge is 2.26. The van der Waals surface area contributed by atoms with Gasteiger partial charge in [-0.2, -0.15) is 0 Å². The summed E-state index contributed by atoms with van der Waals surface area (Å²) in [6.07, 6.45) is 10.5. The molecule has 27 heavy (non-hydrogen) atoms. The summed E-state index contributed by atoms with van der Waals surface area (Å²) in [4.78, 5) is 22.9. The summed E-state index contributed by atoms with van der Waals surface area (Å²) in [6.45, 7) is 2.38. The summed E-state index contributed by atoms with van der Waals surface area (Å²) >= 11 is 0. The Labute approximate surface area is 167 Å². The third-order valence-electron chi connectivity index (χ3n) is 5.75. The van der Waals surface area contributed by atoms with Crippen LogP contribution in [0.25, 0.3) is 0 Å². The number of rotatable bonds is 4. The second-order valence-electron chi connectivity index (χ2n) is 7.37. The van der Waals surface area contributed by atoms with E-state index in [9.17, 15) is 4.79 Å². The van der Waals surface area contributed by atoms with Gasteiger partial charge in [0.2, 0.25) is 0 Å². The molecule has 0 bridgehead atoms. The van der Waals surface area contributed by atoms with Crippen LogP contribution in [0.1, 0.15) is 52.1 Å². The van der Waals surface area contributed by atoms with E-state index in [0.29, 0.717) is 5.69 Å². The number of nitrogens with one attached hydrogen (secondary N) is 1. The smallest absolute Gasteiger partial charge is 0.271 e. The lowest BCUT2D eigenvalue weighted by Crippen LogP contribution is -2.41.